The molecule has 0 atom stereocenters. The van der Waals surface area contributed by atoms with Gasteiger partial charge in [0.2, 0.25) is 0 Å². The lowest BCUT2D eigenvalue weighted by atomic mass is 10.6. The van der Waals surface area contributed by atoms with Crippen LogP contribution in [0.4, 0.5) is 0 Å². The maximum absolute atomic E-state index is 5.76. The molecule has 0 radical (unpaired) electrons. The van der Waals surface area contributed by atoms with Crippen molar-refractivity contribution in [2.75, 3.05) is 0 Å². The van der Waals surface area contributed by atoms with Crippen molar-refractivity contribution < 1.29 is 0 Å². The summed E-state index contributed by atoms with van der Waals surface area (Å²) >= 11 is 5.76. The molecule has 0 saturated heterocycles. The second-order valence-electron chi connectivity index (χ2n) is 2.25. The van der Waals surface area contributed by atoms with Gasteiger partial charge in [-0.15, -0.1) is 0 Å². The molecule has 2 aromatic rings. The Hall–Kier alpha value is -1.20. The average Bonchev–Trinajstić information content (AvgIpc) is 2.49. The van der Waals surface area contributed by atoms with Crippen molar-refractivity contribution >= 4 is 22.8 Å². The fraction of sp³-hybridized carbons (Fsp3) is 0.167. The summed E-state index contributed by atoms with van der Waals surface area (Å²) in [5.41, 5.74) is 6.57. The van der Waals surface area contributed by atoms with E-state index >= 15 is 0 Å². The van der Waals surface area contributed by atoms with E-state index in [0.717, 1.165) is 0 Å². The van der Waals surface area contributed by atoms with Crippen LogP contribution >= 0.6 is 11.6 Å². The SMILES string of the molecule is NCc1nc2ncnc(Cl)c2[nH]1. The maximum Gasteiger partial charge on any atom is 0.182 e. The van der Waals surface area contributed by atoms with Crippen LogP contribution in [0.3, 0.4) is 0 Å². The van der Waals surface area contributed by atoms with Gasteiger partial charge in [-0.05, 0) is 0 Å². The molecule has 6 heteroatoms. The van der Waals surface area contributed by atoms with Gasteiger partial charge in [0.1, 0.15) is 17.7 Å². The molecule has 2 rings (SSSR count). The second kappa shape index (κ2) is 2.69. The van der Waals surface area contributed by atoms with Crippen LogP contribution in [0, 0.1) is 0 Å². The van der Waals surface area contributed by atoms with E-state index in [2.05, 4.69) is 19.9 Å². The molecule has 0 saturated carbocycles. The number of halogens is 1. The number of nitrogens with one attached hydrogen (secondary N) is 1. The summed E-state index contributed by atoms with van der Waals surface area (Å²) in [4.78, 5) is 14.7. The molecule has 12 heavy (non-hydrogen) atoms. The van der Waals surface area contributed by atoms with Crippen LogP contribution in [0.1, 0.15) is 5.82 Å². The Balaban J connectivity index is 2.74. The molecule has 0 aliphatic carbocycles. The van der Waals surface area contributed by atoms with Crippen LogP contribution in [0.2, 0.25) is 5.15 Å². The minimum atomic E-state index is 0.340. The van der Waals surface area contributed by atoms with Crippen molar-refractivity contribution in [2.45, 2.75) is 6.54 Å². The molecule has 3 N–H and O–H groups in total. The van der Waals surface area contributed by atoms with E-state index in [1.807, 2.05) is 0 Å². The van der Waals surface area contributed by atoms with E-state index in [-0.39, 0.29) is 0 Å². The molecule has 0 aliphatic heterocycles. The van der Waals surface area contributed by atoms with E-state index in [1.54, 1.807) is 0 Å². The summed E-state index contributed by atoms with van der Waals surface area (Å²) < 4.78 is 0. The first-order chi connectivity index (χ1) is 5.81. The molecule has 2 aromatic heterocycles. The molecule has 0 bridgehead atoms. The number of imidazole rings is 1. The van der Waals surface area contributed by atoms with E-state index < -0.39 is 0 Å². The first-order valence-electron chi connectivity index (χ1n) is 3.36. The van der Waals surface area contributed by atoms with E-state index in [0.29, 0.717) is 28.7 Å². The van der Waals surface area contributed by atoms with E-state index in [4.69, 9.17) is 17.3 Å². The molecule has 0 aliphatic rings. The van der Waals surface area contributed by atoms with Gasteiger partial charge in [-0.25, -0.2) is 15.0 Å². The van der Waals surface area contributed by atoms with Gasteiger partial charge in [-0.1, -0.05) is 11.6 Å². The minimum absolute atomic E-state index is 0.340. The molecule has 0 amide bonds. The van der Waals surface area contributed by atoms with Crippen LogP contribution < -0.4 is 5.73 Å². The highest BCUT2D eigenvalue weighted by Gasteiger charge is 2.05. The monoisotopic (exact) mass is 183 g/mol. The number of rotatable bonds is 1. The standard InChI is InChI=1S/C6H6ClN5/c7-5-4-6(10-2-9-5)12-3(1-8)11-4/h2H,1,8H2,(H,9,10,11,12). The highest BCUT2D eigenvalue weighted by molar-refractivity contribution is 6.33. The number of hydrogen-bond acceptors (Lipinski definition) is 4. The van der Waals surface area contributed by atoms with Crippen molar-refractivity contribution in [3.63, 3.8) is 0 Å². The minimum Gasteiger partial charge on any atom is -0.337 e. The lowest BCUT2D eigenvalue weighted by Gasteiger charge is -1.87. The molecule has 0 spiro atoms. The smallest absolute Gasteiger partial charge is 0.182 e. The first kappa shape index (κ1) is 7.45. The molecule has 0 fully saturated rings. The van der Waals surface area contributed by atoms with Crippen LogP contribution in [0.5, 0.6) is 0 Å². The molecule has 62 valence electrons. The summed E-state index contributed by atoms with van der Waals surface area (Å²) in [6.07, 6.45) is 1.37. The summed E-state index contributed by atoms with van der Waals surface area (Å²) in [5, 5.41) is 0.368. The lowest BCUT2D eigenvalue weighted by molar-refractivity contribution is 0.956. The molecular weight excluding hydrogens is 178 g/mol. The third-order valence-electron chi connectivity index (χ3n) is 1.48. The van der Waals surface area contributed by atoms with E-state index in [9.17, 15) is 0 Å². The quantitative estimate of drug-likeness (QED) is 0.630. The molecule has 5 nitrogen and oxygen atoms in total. The topological polar surface area (TPSA) is 80.5 Å². The second-order valence-corrected chi connectivity index (χ2v) is 2.61. The van der Waals surface area contributed by atoms with Crippen LogP contribution in [-0.2, 0) is 6.54 Å². The van der Waals surface area contributed by atoms with Gasteiger partial charge in [0.25, 0.3) is 0 Å². The van der Waals surface area contributed by atoms with Crippen molar-refractivity contribution in [1.82, 2.24) is 19.9 Å². The summed E-state index contributed by atoms with van der Waals surface area (Å²) in [6.45, 7) is 0.340. The summed E-state index contributed by atoms with van der Waals surface area (Å²) in [6, 6.07) is 0. The molecule has 0 aromatic carbocycles. The first-order valence-corrected chi connectivity index (χ1v) is 3.74. The van der Waals surface area contributed by atoms with Gasteiger partial charge in [0.15, 0.2) is 10.8 Å². The third-order valence-corrected chi connectivity index (χ3v) is 1.77. The normalized spacial score (nSPS) is 10.8. The van der Waals surface area contributed by atoms with Gasteiger partial charge in [0.05, 0.1) is 6.54 Å². The van der Waals surface area contributed by atoms with Gasteiger partial charge >= 0.3 is 0 Å². The Bertz CT molecular complexity index is 409. The lowest BCUT2D eigenvalue weighted by Crippen LogP contribution is -1.97. The summed E-state index contributed by atoms with van der Waals surface area (Å²) in [5.74, 6) is 0.660. The highest BCUT2D eigenvalue weighted by Crippen LogP contribution is 2.15. The Labute approximate surface area is 73.0 Å². The number of aromatic amines is 1. The number of nitrogens with two attached hydrogens (primary N) is 1. The highest BCUT2D eigenvalue weighted by atomic mass is 35.5. The van der Waals surface area contributed by atoms with Crippen LogP contribution in [0.15, 0.2) is 6.33 Å². The Morgan fingerprint density at radius 3 is 3.00 bits per heavy atom. The van der Waals surface area contributed by atoms with Crippen LogP contribution in [0.25, 0.3) is 11.2 Å². The fourth-order valence-corrected chi connectivity index (χ4v) is 1.12. The Morgan fingerprint density at radius 2 is 2.33 bits per heavy atom. The van der Waals surface area contributed by atoms with Crippen molar-refractivity contribution in [2.24, 2.45) is 5.73 Å². The maximum atomic E-state index is 5.76. The molecule has 2 heterocycles. The number of H-pyrrole nitrogens is 1. The average molecular weight is 184 g/mol. The largest absolute Gasteiger partial charge is 0.337 e. The zero-order chi connectivity index (χ0) is 8.55. The fourth-order valence-electron chi connectivity index (χ4n) is 0.945. The van der Waals surface area contributed by atoms with Gasteiger partial charge < -0.3 is 10.7 Å². The number of fused-ring (bicyclic) bond motifs is 1. The van der Waals surface area contributed by atoms with Crippen molar-refractivity contribution in [3.8, 4) is 0 Å². The van der Waals surface area contributed by atoms with Crippen molar-refractivity contribution in [3.05, 3.63) is 17.3 Å². The third kappa shape index (κ3) is 1.03. The predicted octanol–water partition coefficient (Wildman–Crippen LogP) is 0.465. The van der Waals surface area contributed by atoms with Gasteiger partial charge in [0, 0.05) is 0 Å². The van der Waals surface area contributed by atoms with E-state index in [1.165, 1.54) is 6.33 Å². The van der Waals surface area contributed by atoms with Crippen molar-refractivity contribution in [1.29, 1.82) is 0 Å². The molecule has 0 unspecified atom stereocenters. The molecular formula is C6H6ClN5. The number of aromatic nitrogens is 4. The zero-order valence-electron chi connectivity index (χ0n) is 6.08. The number of nitrogens with zero attached hydrogens (tertiary/aromatic N) is 3. The Morgan fingerprint density at radius 1 is 1.50 bits per heavy atom. The predicted molar refractivity (Wildman–Crippen MR) is 44.6 cm³/mol. The summed E-state index contributed by atoms with van der Waals surface area (Å²) in [7, 11) is 0. The van der Waals surface area contributed by atoms with Gasteiger partial charge in [-0.2, -0.15) is 0 Å². The van der Waals surface area contributed by atoms with Crippen LogP contribution in [-0.4, -0.2) is 19.9 Å². The zero-order valence-corrected chi connectivity index (χ0v) is 6.84. The number of hydrogen-bond donors (Lipinski definition) is 2. The Kier molecular flexibility index (Phi) is 1.67. The van der Waals surface area contributed by atoms with Gasteiger partial charge in [-0.3, -0.25) is 0 Å².